The number of rotatable bonds is 2. The van der Waals surface area contributed by atoms with Crippen molar-refractivity contribution in [2.75, 3.05) is 20.1 Å². The number of nitrogens with one attached hydrogen (secondary N) is 1. The highest BCUT2D eigenvalue weighted by Crippen LogP contribution is 2.46. The van der Waals surface area contributed by atoms with Gasteiger partial charge in [-0.2, -0.15) is 0 Å². The Kier molecular flexibility index (Phi) is 4.53. The van der Waals surface area contributed by atoms with Crippen molar-refractivity contribution in [3.8, 4) is 11.1 Å². The molecule has 116 valence electrons. The van der Waals surface area contributed by atoms with Crippen molar-refractivity contribution < 1.29 is 0 Å². The van der Waals surface area contributed by atoms with Gasteiger partial charge in [0.15, 0.2) is 0 Å². The molecule has 1 aliphatic carbocycles. The van der Waals surface area contributed by atoms with Gasteiger partial charge in [-0.3, -0.25) is 4.90 Å². The number of likely N-dealkylation sites (N-methyl/N-ethyl adjacent to an activating group) is 1. The van der Waals surface area contributed by atoms with Crippen molar-refractivity contribution in [2.45, 2.75) is 24.9 Å². The molecule has 4 rings (SSSR count). The fourth-order valence-corrected chi connectivity index (χ4v) is 4.00. The molecule has 1 unspecified atom stereocenters. The molecule has 1 atom stereocenters. The summed E-state index contributed by atoms with van der Waals surface area (Å²) >= 11 is 0. The molecule has 0 saturated carbocycles. The Bertz CT molecular complexity index is 610. The average molecular weight is 315 g/mol. The minimum Gasteiger partial charge on any atom is -0.316 e. The van der Waals surface area contributed by atoms with Gasteiger partial charge in [0, 0.05) is 12.6 Å². The van der Waals surface area contributed by atoms with E-state index in [9.17, 15) is 0 Å². The predicted octanol–water partition coefficient (Wildman–Crippen LogP) is 3.86. The van der Waals surface area contributed by atoms with Crippen LogP contribution in [-0.2, 0) is 0 Å². The van der Waals surface area contributed by atoms with Gasteiger partial charge in [0.25, 0.3) is 0 Å². The third-order valence-electron chi connectivity index (χ3n) is 5.03. The normalized spacial score (nSPS) is 21.0. The second kappa shape index (κ2) is 6.41. The van der Waals surface area contributed by atoms with Crippen LogP contribution >= 0.6 is 12.4 Å². The van der Waals surface area contributed by atoms with Crippen molar-refractivity contribution in [2.24, 2.45) is 0 Å². The van der Waals surface area contributed by atoms with Gasteiger partial charge in [0.2, 0.25) is 0 Å². The van der Waals surface area contributed by atoms with E-state index in [0.717, 1.165) is 6.54 Å². The molecule has 0 bridgehead atoms. The number of hydrogen-bond donors (Lipinski definition) is 1. The van der Waals surface area contributed by atoms with Crippen LogP contribution in [0.3, 0.4) is 0 Å². The van der Waals surface area contributed by atoms with Crippen LogP contribution in [0.2, 0.25) is 0 Å². The third kappa shape index (κ3) is 2.45. The van der Waals surface area contributed by atoms with Crippen LogP contribution in [0.1, 0.15) is 30.0 Å². The van der Waals surface area contributed by atoms with E-state index in [4.69, 9.17) is 0 Å². The predicted molar refractivity (Wildman–Crippen MR) is 94.6 cm³/mol. The first-order valence-corrected chi connectivity index (χ1v) is 7.98. The van der Waals surface area contributed by atoms with Crippen LogP contribution in [0, 0.1) is 0 Å². The summed E-state index contributed by atoms with van der Waals surface area (Å²) in [6.07, 6.45) is 2.58. The molecule has 2 aromatic rings. The standard InChI is InChI=1S/C19H22N2.ClH/c1-20-14-7-6-12-21(13-14)19-17-10-4-2-8-15(17)16-9-3-5-11-18(16)19;/h2-5,8-11,14,19-20H,6-7,12-13H2,1H3;1H. The first kappa shape index (κ1) is 15.5. The molecule has 22 heavy (non-hydrogen) atoms. The summed E-state index contributed by atoms with van der Waals surface area (Å²) < 4.78 is 0. The Morgan fingerprint density at radius 3 is 2.14 bits per heavy atom. The fourth-order valence-electron chi connectivity index (χ4n) is 4.00. The van der Waals surface area contributed by atoms with E-state index in [2.05, 4.69) is 65.8 Å². The molecular formula is C19H23ClN2. The molecule has 1 N–H and O–H groups in total. The highest BCUT2D eigenvalue weighted by Gasteiger charge is 2.34. The van der Waals surface area contributed by atoms with Crippen molar-refractivity contribution in [1.82, 2.24) is 10.2 Å². The molecule has 1 heterocycles. The van der Waals surface area contributed by atoms with Gasteiger partial charge in [-0.25, -0.2) is 0 Å². The van der Waals surface area contributed by atoms with E-state index in [0.29, 0.717) is 12.1 Å². The summed E-state index contributed by atoms with van der Waals surface area (Å²) in [7, 11) is 2.09. The summed E-state index contributed by atoms with van der Waals surface area (Å²) in [6, 6.07) is 18.9. The number of benzene rings is 2. The molecule has 1 fully saturated rings. The van der Waals surface area contributed by atoms with Gasteiger partial charge in [0.1, 0.15) is 0 Å². The molecule has 2 aliphatic rings. The molecule has 0 amide bonds. The van der Waals surface area contributed by atoms with E-state index in [1.807, 2.05) is 0 Å². The zero-order valence-electron chi connectivity index (χ0n) is 13.0. The van der Waals surface area contributed by atoms with E-state index in [1.165, 1.54) is 41.6 Å². The van der Waals surface area contributed by atoms with E-state index in [-0.39, 0.29) is 12.4 Å². The highest BCUT2D eigenvalue weighted by atomic mass is 35.5. The zero-order chi connectivity index (χ0) is 14.2. The van der Waals surface area contributed by atoms with Crippen molar-refractivity contribution in [3.05, 3.63) is 59.7 Å². The quantitative estimate of drug-likeness (QED) is 0.905. The summed E-state index contributed by atoms with van der Waals surface area (Å²) in [5, 5.41) is 3.46. The molecule has 0 spiro atoms. The van der Waals surface area contributed by atoms with Gasteiger partial charge >= 0.3 is 0 Å². The van der Waals surface area contributed by atoms with E-state index in [1.54, 1.807) is 0 Å². The molecule has 1 saturated heterocycles. The smallest absolute Gasteiger partial charge is 0.0614 e. The van der Waals surface area contributed by atoms with Crippen LogP contribution in [0.25, 0.3) is 11.1 Å². The maximum absolute atomic E-state index is 3.46. The van der Waals surface area contributed by atoms with E-state index < -0.39 is 0 Å². The fraction of sp³-hybridized carbons (Fsp3) is 0.368. The van der Waals surface area contributed by atoms with E-state index >= 15 is 0 Å². The topological polar surface area (TPSA) is 15.3 Å². The lowest BCUT2D eigenvalue weighted by Gasteiger charge is -2.37. The van der Waals surface area contributed by atoms with Crippen LogP contribution in [-0.4, -0.2) is 31.1 Å². The Morgan fingerprint density at radius 1 is 0.955 bits per heavy atom. The summed E-state index contributed by atoms with van der Waals surface area (Å²) in [5.74, 6) is 0. The largest absolute Gasteiger partial charge is 0.316 e. The molecule has 1 aliphatic heterocycles. The Hall–Kier alpha value is -1.35. The molecule has 3 heteroatoms. The minimum absolute atomic E-state index is 0. The lowest BCUT2D eigenvalue weighted by Crippen LogP contribution is -2.45. The molecule has 2 nitrogen and oxygen atoms in total. The molecule has 2 aromatic carbocycles. The highest BCUT2D eigenvalue weighted by molar-refractivity contribution is 5.85. The number of likely N-dealkylation sites (tertiary alicyclic amines) is 1. The van der Waals surface area contributed by atoms with Gasteiger partial charge < -0.3 is 5.32 Å². The van der Waals surface area contributed by atoms with Crippen LogP contribution in [0.15, 0.2) is 48.5 Å². The SMILES string of the molecule is CNC1CCCN(C2c3ccccc3-c3ccccc32)C1.Cl. The lowest BCUT2D eigenvalue weighted by molar-refractivity contribution is 0.162. The van der Waals surface area contributed by atoms with Crippen molar-refractivity contribution >= 4 is 12.4 Å². The van der Waals surface area contributed by atoms with Gasteiger partial charge in [-0.15, -0.1) is 12.4 Å². The maximum atomic E-state index is 3.46. The molecular weight excluding hydrogens is 292 g/mol. The molecule has 0 aromatic heterocycles. The number of nitrogens with zero attached hydrogens (tertiary/aromatic N) is 1. The zero-order valence-corrected chi connectivity index (χ0v) is 13.8. The van der Waals surface area contributed by atoms with Crippen molar-refractivity contribution in [1.29, 1.82) is 0 Å². The van der Waals surface area contributed by atoms with Gasteiger partial charge in [-0.05, 0) is 48.7 Å². The maximum Gasteiger partial charge on any atom is 0.0614 e. The van der Waals surface area contributed by atoms with Crippen molar-refractivity contribution in [3.63, 3.8) is 0 Å². The van der Waals surface area contributed by atoms with Crippen LogP contribution in [0.5, 0.6) is 0 Å². The summed E-state index contributed by atoms with van der Waals surface area (Å²) in [4.78, 5) is 2.66. The Morgan fingerprint density at radius 2 is 1.55 bits per heavy atom. The number of halogens is 1. The second-order valence-corrected chi connectivity index (χ2v) is 6.20. The number of fused-ring (bicyclic) bond motifs is 3. The number of hydrogen-bond acceptors (Lipinski definition) is 2. The first-order chi connectivity index (χ1) is 10.4. The van der Waals surface area contributed by atoms with Crippen LogP contribution in [0.4, 0.5) is 0 Å². The summed E-state index contributed by atoms with van der Waals surface area (Å²) in [6.45, 7) is 2.34. The third-order valence-corrected chi connectivity index (χ3v) is 5.03. The Labute approximate surface area is 138 Å². The lowest BCUT2D eigenvalue weighted by atomic mass is 9.98. The summed E-state index contributed by atoms with van der Waals surface area (Å²) in [5.41, 5.74) is 5.81. The second-order valence-electron chi connectivity index (χ2n) is 6.20. The average Bonchev–Trinajstić information content (AvgIpc) is 2.89. The van der Waals surface area contributed by atoms with Gasteiger partial charge in [-0.1, -0.05) is 48.5 Å². The van der Waals surface area contributed by atoms with Gasteiger partial charge in [0.05, 0.1) is 6.04 Å². The number of piperidine rings is 1. The first-order valence-electron chi connectivity index (χ1n) is 7.98. The monoisotopic (exact) mass is 314 g/mol. The molecule has 0 radical (unpaired) electrons. The minimum atomic E-state index is 0. The Balaban J connectivity index is 0.00000144. The van der Waals surface area contributed by atoms with Crippen LogP contribution < -0.4 is 5.32 Å².